The molecule has 102 valence electrons. The molecule has 0 bridgehead atoms. The van der Waals surface area contributed by atoms with Gasteiger partial charge < -0.3 is 10.5 Å². The largest absolute Gasteiger partial charge is 0.497 e. The number of nitrogens with zero attached hydrogens (tertiary/aromatic N) is 2. The van der Waals surface area contributed by atoms with Crippen LogP contribution in [0.15, 0.2) is 36.4 Å². The van der Waals surface area contributed by atoms with Gasteiger partial charge in [-0.05, 0) is 36.8 Å². The lowest BCUT2D eigenvalue weighted by Crippen LogP contribution is -2.01. The van der Waals surface area contributed by atoms with Crippen molar-refractivity contribution in [2.45, 2.75) is 6.92 Å². The predicted octanol–water partition coefficient (Wildman–Crippen LogP) is 3.58. The van der Waals surface area contributed by atoms with Crippen molar-refractivity contribution in [1.29, 1.82) is 0 Å². The zero-order chi connectivity index (χ0) is 14.3. The van der Waals surface area contributed by atoms with Gasteiger partial charge in [0.15, 0.2) is 0 Å². The molecule has 0 fully saturated rings. The third-order valence-corrected chi connectivity index (χ3v) is 3.53. The van der Waals surface area contributed by atoms with Crippen LogP contribution in [0.4, 0.5) is 5.95 Å². The molecule has 2 N–H and O–H groups in total. The van der Waals surface area contributed by atoms with Crippen LogP contribution in [-0.4, -0.2) is 16.7 Å². The number of fused-ring (bicyclic) bond motifs is 1. The number of anilines is 1. The zero-order valence-electron chi connectivity index (χ0n) is 11.2. The molecular formula is C15H14ClN3O. The summed E-state index contributed by atoms with van der Waals surface area (Å²) in [6.45, 7) is 1.99. The summed E-state index contributed by atoms with van der Waals surface area (Å²) in [6, 6.07) is 11.5. The molecule has 0 aliphatic rings. The smallest absolute Gasteiger partial charge is 0.205 e. The molecule has 0 aliphatic carbocycles. The highest BCUT2D eigenvalue weighted by Crippen LogP contribution is 2.30. The van der Waals surface area contributed by atoms with Crippen molar-refractivity contribution in [3.63, 3.8) is 0 Å². The lowest BCUT2D eigenvalue weighted by atomic mass is 10.2. The number of hydrogen-bond acceptors (Lipinski definition) is 3. The van der Waals surface area contributed by atoms with E-state index in [9.17, 15) is 0 Å². The second-order valence-corrected chi connectivity index (χ2v) is 5.02. The van der Waals surface area contributed by atoms with Crippen molar-refractivity contribution >= 4 is 28.6 Å². The van der Waals surface area contributed by atoms with Crippen LogP contribution in [0.25, 0.3) is 16.7 Å². The van der Waals surface area contributed by atoms with E-state index in [0.29, 0.717) is 11.0 Å². The first-order valence-corrected chi connectivity index (χ1v) is 6.56. The van der Waals surface area contributed by atoms with Crippen LogP contribution < -0.4 is 10.5 Å². The van der Waals surface area contributed by atoms with Crippen LogP contribution in [-0.2, 0) is 0 Å². The van der Waals surface area contributed by atoms with Gasteiger partial charge in [-0.15, -0.1) is 0 Å². The van der Waals surface area contributed by atoms with E-state index >= 15 is 0 Å². The Morgan fingerprint density at radius 3 is 2.70 bits per heavy atom. The molecule has 2 aromatic carbocycles. The molecule has 0 saturated heterocycles. The third-order valence-electron chi connectivity index (χ3n) is 3.23. The van der Waals surface area contributed by atoms with Crippen LogP contribution in [0.5, 0.6) is 5.75 Å². The van der Waals surface area contributed by atoms with Gasteiger partial charge in [-0.2, -0.15) is 0 Å². The summed E-state index contributed by atoms with van der Waals surface area (Å²) in [4.78, 5) is 4.35. The van der Waals surface area contributed by atoms with E-state index in [1.165, 1.54) is 0 Å². The summed E-state index contributed by atoms with van der Waals surface area (Å²) in [7, 11) is 1.63. The van der Waals surface area contributed by atoms with Gasteiger partial charge in [0, 0.05) is 6.07 Å². The summed E-state index contributed by atoms with van der Waals surface area (Å²) < 4.78 is 7.09. The molecule has 1 aromatic heterocycles. The molecular weight excluding hydrogens is 274 g/mol. The number of aromatic nitrogens is 2. The van der Waals surface area contributed by atoms with E-state index in [2.05, 4.69) is 4.98 Å². The molecule has 0 aliphatic heterocycles. The fourth-order valence-corrected chi connectivity index (χ4v) is 2.57. The van der Waals surface area contributed by atoms with Gasteiger partial charge in [0.05, 0.1) is 28.9 Å². The minimum absolute atomic E-state index is 0.402. The number of aryl methyl sites for hydroxylation is 1. The van der Waals surface area contributed by atoms with E-state index in [0.717, 1.165) is 28.0 Å². The summed E-state index contributed by atoms with van der Waals surface area (Å²) in [5.74, 6) is 1.15. The van der Waals surface area contributed by atoms with Gasteiger partial charge >= 0.3 is 0 Å². The van der Waals surface area contributed by atoms with Gasteiger partial charge in [0.1, 0.15) is 5.75 Å². The number of methoxy groups -OCH3 is 1. The second-order valence-electron chi connectivity index (χ2n) is 4.61. The summed E-state index contributed by atoms with van der Waals surface area (Å²) >= 11 is 6.33. The Hall–Kier alpha value is -2.20. The Morgan fingerprint density at radius 2 is 2.00 bits per heavy atom. The molecule has 0 unspecified atom stereocenters. The van der Waals surface area contributed by atoms with Gasteiger partial charge in [-0.1, -0.05) is 17.7 Å². The van der Waals surface area contributed by atoms with Crippen LogP contribution >= 0.6 is 11.6 Å². The molecule has 3 rings (SSSR count). The molecule has 3 aromatic rings. The standard InChI is InChI=1S/C15H14ClN3O/c1-9-3-6-13(11(16)7-9)19-14-8-10(20-2)4-5-12(14)18-15(19)17/h3-8H,1-2H3,(H2,17,18). The molecule has 0 atom stereocenters. The van der Waals surface area contributed by atoms with Crippen molar-refractivity contribution in [1.82, 2.24) is 9.55 Å². The molecule has 0 radical (unpaired) electrons. The summed E-state index contributed by atoms with van der Waals surface area (Å²) in [6.07, 6.45) is 0. The second kappa shape index (κ2) is 4.72. The van der Waals surface area contributed by atoms with Crippen LogP contribution in [0.3, 0.4) is 0 Å². The highest BCUT2D eigenvalue weighted by molar-refractivity contribution is 6.32. The predicted molar refractivity (Wildman–Crippen MR) is 81.8 cm³/mol. The minimum Gasteiger partial charge on any atom is -0.497 e. The SMILES string of the molecule is COc1ccc2nc(N)n(-c3ccc(C)cc3Cl)c2c1. The third kappa shape index (κ3) is 1.98. The fourth-order valence-electron chi connectivity index (χ4n) is 2.25. The number of hydrogen-bond donors (Lipinski definition) is 1. The Labute approximate surface area is 121 Å². The Bertz CT molecular complexity index is 795. The van der Waals surface area contributed by atoms with Crippen molar-refractivity contribution in [2.24, 2.45) is 0 Å². The Morgan fingerprint density at radius 1 is 1.20 bits per heavy atom. The number of imidazole rings is 1. The molecule has 5 heteroatoms. The van der Waals surface area contributed by atoms with Gasteiger partial charge in [0.2, 0.25) is 5.95 Å². The normalized spacial score (nSPS) is 10.9. The van der Waals surface area contributed by atoms with Crippen LogP contribution in [0, 0.1) is 6.92 Å². The quantitative estimate of drug-likeness (QED) is 0.784. The zero-order valence-corrected chi connectivity index (χ0v) is 12.0. The number of nitrogens with two attached hydrogens (primary N) is 1. The highest BCUT2D eigenvalue weighted by Gasteiger charge is 2.13. The van der Waals surface area contributed by atoms with Crippen molar-refractivity contribution in [3.8, 4) is 11.4 Å². The maximum absolute atomic E-state index is 6.33. The Balaban J connectivity index is 2.31. The Kier molecular flexibility index (Phi) is 3.03. The first-order valence-electron chi connectivity index (χ1n) is 6.18. The van der Waals surface area contributed by atoms with E-state index in [1.54, 1.807) is 7.11 Å². The van der Waals surface area contributed by atoms with Gasteiger partial charge in [-0.3, -0.25) is 4.57 Å². The van der Waals surface area contributed by atoms with E-state index in [-0.39, 0.29) is 0 Å². The van der Waals surface area contributed by atoms with Crippen molar-refractivity contribution in [2.75, 3.05) is 12.8 Å². The number of benzene rings is 2. The van der Waals surface area contributed by atoms with Gasteiger partial charge in [-0.25, -0.2) is 4.98 Å². The number of rotatable bonds is 2. The first kappa shape index (κ1) is 12.8. The van der Waals surface area contributed by atoms with E-state index < -0.39 is 0 Å². The molecule has 4 nitrogen and oxygen atoms in total. The molecule has 0 spiro atoms. The van der Waals surface area contributed by atoms with Crippen LogP contribution in [0.1, 0.15) is 5.56 Å². The topological polar surface area (TPSA) is 53.1 Å². The maximum Gasteiger partial charge on any atom is 0.205 e. The lowest BCUT2D eigenvalue weighted by molar-refractivity contribution is 0.415. The van der Waals surface area contributed by atoms with Crippen molar-refractivity contribution in [3.05, 3.63) is 47.0 Å². The van der Waals surface area contributed by atoms with Crippen LogP contribution in [0.2, 0.25) is 5.02 Å². The molecule has 0 amide bonds. The number of nitrogen functional groups attached to an aromatic ring is 1. The highest BCUT2D eigenvalue weighted by atomic mass is 35.5. The van der Waals surface area contributed by atoms with Crippen molar-refractivity contribution < 1.29 is 4.74 Å². The average Bonchev–Trinajstić information content (AvgIpc) is 2.74. The summed E-state index contributed by atoms with van der Waals surface area (Å²) in [5, 5.41) is 0.638. The minimum atomic E-state index is 0.402. The maximum atomic E-state index is 6.33. The number of halogens is 1. The first-order chi connectivity index (χ1) is 9.60. The van der Waals surface area contributed by atoms with E-state index in [4.69, 9.17) is 22.1 Å². The monoisotopic (exact) mass is 287 g/mol. The molecule has 1 heterocycles. The summed E-state index contributed by atoms with van der Waals surface area (Å²) in [5.41, 5.74) is 9.62. The molecule has 20 heavy (non-hydrogen) atoms. The average molecular weight is 288 g/mol. The van der Waals surface area contributed by atoms with E-state index in [1.807, 2.05) is 47.9 Å². The van der Waals surface area contributed by atoms with Gasteiger partial charge in [0.25, 0.3) is 0 Å². The number of ether oxygens (including phenoxy) is 1. The fraction of sp³-hybridized carbons (Fsp3) is 0.133. The lowest BCUT2D eigenvalue weighted by Gasteiger charge is -2.10. The molecule has 0 saturated carbocycles.